The minimum Gasteiger partial charge on any atom is -0.343 e. The van der Waals surface area contributed by atoms with Crippen LogP contribution < -0.4 is 5.32 Å². The van der Waals surface area contributed by atoms with Crippen molar-refractivity contribution in [2.45, 2.75) is 39.2 Å². The van der Waals surface area contributed by atoms with Crippen molar-refractivity contribution in [1.82, 2.24) is 15.3 Å². The number of thiazole rings is 1. The maximum Gasteiger partial charge on any atom is 0.273 e. The Kier molecular flexibility index (Phi) is 5.74. The number of aromatic nitrogens is 2. The third kappa shape index (κ3) is 4.65. The Morgan fingerprint density at radius 3 is 2.66 bits per heavy atom. The zero-order chi connectivity index (χ0) is 21.2. The molecule has 29 heavy (non-hydrogen) atoms. The summed E-state index contributed by atoms with van der Waals surface area (Å²) in [4.78, 5) is 32.4. The molecular formula is C21H22N4O3S. The topological polar surface area (TPSA) is 98.0 Å². The molecule has 0 bridgehead atoms. The van der Waals surface area contributed by atoms with Gasteiger partial charge in [0.05, 0.1) is 16.7 Å². The van der Waals surface area contributed by atoms with Gasteiger partial charge in [-0.2, -0.15) is 0 Å². The predicted molar refractivity (Wildman–Crippen MR) is 113 cm³/mol. The van der Waals surface area contributed by atoms with E-state index in [0.29, 0.717) is 5.56 Å². The normalized spacial score (nSPS) is 12.4. The van der Waals surface area contributed by atoms with Gasteiger partial charge in [-0.3, -0.25) is 19.9 Å². The number of rotatable bonds is 5. The van der Waals surface area contributed by atoms with Crippen LogP contribution >= 0.6 is 11.3 Å². The molecule has 0 spiro atoms. The smallest absolute Gasteiger partial charge is 0.273 e. The van der Waals surface area contributed by atoms with Crippen LogP contribution in [0.15, 0.2) is 48.1 Å². The molecule has 1 aromatic carbocycles. The molecule has 8 heteroatoms. The molecule has 7 nitrogen and oxygen atoms in total. The number of benzene rings is 1. The fourth-order valence-corrected chi connectivity index (χ4v) is 3.77. The van der Waals surface area contributed by atoms with Gasteiger partial charge in [-0.25, -0.2) is 4.98 Å². The van der Waals surface area contributed by atoms with Crippen molar-refractivity contribution < 1.29 is 9.72 Å². The first-order chi connectivity index (χ1) is 13.7. The number of nitro benzene ring substituents is 1. The first-order valence-electron chi connectivity index (χ1n) is 9.12. The Labute approximate surface area is 173 Å². The highest BCUT2D eigenvalue weighted by molar-refractivity contribution is 7.10. The van der Waals surface area contributed by atoms with Crippen molar-refractivity contribution in [2.75, 3.05) is 0 Å². The first-order valence-corrected chi connectivity index (χ1v) is 10.0. The van der Waals surface area contributed by atoms with Crippen LogP contribution in [0.2, 0.25) is 0 Å². The van der Waals surface area contributed by atoms with Crippen molar-refractivity contribution in [3.05, 3.63) is 74.4 Å². The number of nitro groups is 1. The largest absolute Gasteiger partial charge is 0.343 e. The van der Waals surface area contributed by atoms with Crippen LogP contribution in [0.4, 0.5) is 5.69 Å². The summed E-state index contributed by atoms with van der Waals surface area (Å²) in [6.07, 6.45) is 3.43. The molecule has 0 aliphatic heterocycles. The van der Waals surface area contributed by atoms with Gasteiger partial charge in [0.2, 0.25) is 0 Å². The highest BCUT2D eigenvalue weighted by atomic mass is 32.1. The monoisotopic (exact) mass is 410 g/mol. The molecule has 0 aliphatic rings. The molecule has 1 amide bonds. The van der Waals surface area contributed by atoms with Crippen LogP contribution in [0, 0.1) is 10.1 Å². The standard InChI is InChI=1S/C21H22N4O3S/c1-13(20-24-17(12-29-20)15-6-5-9-22-11-15)23-19(26)14-7-8-16(21(2,3)4)18(10-14)25(27)28/h5-13H,1-4H3,(H,23,26). The summed E-state index contributed by atoms with van der Waals surface area (Å²) >= 11 is 1.44. The average Bonchev–Trinajstić information content (AvgIpc) is 3.18. The Balaban J connectivity index is 1.79. The summed E-state index contributed by atoms with van der Waals surface area (Å²) in [6, 6.07) is 8.05. The van der Waals surface area contributed by atoms with Crippen molar-refractivity contribution in [1.29, 1.82) is 0 Å². The molecule has 0 saturated carbocycles. The number of hydrogen-bond acceptors (Lipinski definition) is 6. The highest BCUT2D eigenvalue weighted by Crippen LogP contribution is 2.32. The Morgan fingerprint density at radius 2 is 2.03 bits per heavy atom. The van der Waals surface area contributed by atoms with Crippen molar-refractivity contribution in [3.63, 3.8) is 0 Å². The molecule has 0 radical (unpaired) electrons. The van der Waals surface area contributed by atoms with E-state index < -0.39 is 10.3 Å². The van der Waals surface area contributed by atoms with E-state index in [2.05, 4.69) is 15.3 Å². The average molecular weight is 410 g/mol. The van der Waals surface area contributed by atoms with Gasteiger partial charge in [0, 0.05) is 40.5 Å². The van der Waals surface area contributed by atoms with Gasteiger partial charge in [-0.1, -0.05) is 26.8 Å². The number of amides is 1. The fraction of sp³-hybridized carbons (Fsp3) is 0.286. The summed E-state index contributed by atoms with van der Waals surface area (Å²) in [5.74, 6) is -0.376. The minimum atomic E-state index is -0.443. The quantitative estimate of drug-likeness (QED) is 0.476. The zero-order valence-corrected chi connectivity index (χ0v) is 17.5. The number of hydrogen-bond donors (Lipinski definition) is 1. The van der Waals surface area contributed by atoms with Gasteiger partial charge >= 0.3 is 0 Å². The SMILES string of the molecule is CC(NC(=O)c1ccc(C(C)(C)C)c([N+](=O)[O-])c1)c1nc(-c2cccnc2)cs1. The van der Waals surface area contributed by atoms with E-state index in [1.165, 1.54) is 17.4 Å². The van der Waals surface area contributed by atoms with Gasteiger partial charge in [-0.05, 0) is 30.5 Å². The van der Waals surface area contributed by atoms with Crippen LogP contribution in [-0.2, 0) is 5.41 Å². The number of nitrogens with one attached hydrogen (secondary N) is 1. The molecule has 150 valence electrons. The van der Waals surface area contributed by atoms with E-state index in [-0.39, 0.29) is 23.2 Å². The lowest BCUT2D eigenvalue weighted by Gasteiger charge is -2.19. The van der Waals surface area contributed by atoms with E-state index in [1.807, 2.05) is 45.2 Å². The van der Waals surface area contributed by atoms with Crippen molar-refractivity contribution >= 4 is 22.9 Å². The van der Waals surface area contributed by atoms with Crippen LogP contribution in [0.1, 0.15) is 54.7 Å². The number of carbonyl (C=O) groups is 1. The van der Waals surface area contributed by atoms with Gasteiger partial charge in [-0.15, -0.1) is 11.3 Å². The number of carbonyl (C=O) groups excluding carboxylic acids is 1. The second-order valence-electron chi connectivity index (χ2n) is 7.75. The van der Waals surface area contributed by atoms with E-state index in [4.69, 9.17) is 0 Å². The van der Waals surface area contributed by atoms with Gasteiger partial charge in [0.1, 0.15) is 5.01 Å². The second kappa shape index (κ2) is 8.08. The molecule has 0 aliphatic carbocycles. The van der Waals surface area contributed by atoms with Crippen LogP contribution in [0.25, 0.3) is 11.3 Å². The lowest BCUT2D eigenvalue weighted by atomic mass is 9.85. The Hall–Kier alpha value is -3.13. The number of nitrogens with zero attached hydrogens (tertiary/aromatic N) is 3. The molecule has 1 atom stereocenters. The Morgan fingerprint density at radius 1 is 1.28 bits per heavy atom. The lowest BCUT2D eigenvalue weighted by Crippen LogP contribution is -2.27. The van der Waals surface area contributed by atoms with Gasteiger partial charge in [0.15, 0.2) is 0 Å². The predicted octanol–water partition coefficient (Wildman–Crippen LogP) is 4.90. The van der Waals surface area contributed by atoms with Crippen LogP contribution in [-0.4, -0.2) is 20.8 Å². The molecule has 3 rings (SSSR count). The Bertz CT molecular complexity index is 1040. The van der Waals surface area contributed by atoms with E-state index >= 15 is 0 Å². The summed E-state index contributed by atoms with van der Waals surface area (Å²) in [7, 11) is 0. The third-order valence-corrected chi connectivity index (χ3v) is 5.49. The van der Waals surface area contributed by atoms with E-state index in [9.17, 15) is 14.9 Å². The van der Waals surface area contributed by atoms with Crippen molar-refractivity contribution in [3.8, 4) is 11.3 Å². The van der Waals surface area contributed by atoms with E-state index in [0.717, 1.165) is 16.3 Å². The molecule has 1 unspecified atom stereocenters. The van der Waals surface area contributed by atoms with E-state index in [1.54, 1.807) is 24.5 Å². The maximum atomic E-state index is 12.7. The zero-order valence-electron chi connectivity index (χ0n) is 16.7. The molecule has 2 aromatic heterocycles. The van der Waals surface area contributed by atoms with Gasteiger partial charge in [0.25, 0.3) is 11.6 Å². The first kappa shape index (κ1) is 20.6. The second-order valence-corrected chi connectivity index (χ2v) is 8.64. The molecule has 0 saturated heterocycles. The summed E-state index contributed by atoms with van der Waals surface area (Å²) < 4.78 is 0. The molecule has 1 N–H and O–H groups in total. The molecule has 3 aromatic rings. The molecule has 2 heterocycles. The van der Waals surface area contributed by atoms with Crippen molar-refractivity contribution in [2.24, 2.45) is 0 Å². The summed E-state index contributed by atoms with van der Waals surface area (Å²) in [5, 5.41) is 17.0. The summed E-state index contributed by atoms with van der Waals surface area (Å²) in [6.45, 7) is 7.54. The minimum absolute atomic E-state index is 0.0501. The summed E-state index contributed by atoms with van der Waals surface area (Å²) in [5.41, 5.74) is 2.10. The molecule has 0 fully saturated rings. The van der Waals surface area contributed by atoms with Gasteiger partial charge < -0.3 is 5.32 Å². The van der Waals surface area contributed by atoms with Crippen LogP contribution in [0.5, 0.6) is 0 Å². The van der Waals surface area contributed by atoms with Crippen LogP contribution in [0.3, 0.4) is 0 Å². The third-order valence-electron chi connectivity index (χ3n) is 4.46. The molecular weight excluding hydrogens is 388 g/mol. The maximum absolute atomic E-state index is 12.7. The lowest BCUT2D eigenvalue weighted by molar-refractivity contribution is -0.386. The fourth-order valence-electron chi connectivity index (χ4n) is 2.93. The number of pyridine rings is 1. The highest BCUT2D eigenvalue weighted by Gasteiger charge is 2.26.